The lowest BCUT2D eigenvalue weighted by atomic mass is 10.4. The molecule has 0 aromatic rings. The van der Waals surface area contributed by atoms with Gasteiger partial charge in [-0.15, -0.1) is 0 Å². The summed E-state index contributed by atoms with van der Waals surface area (Å²) in [4.78, 5) is 10.7. The van der Waals surface area contributed by atoms with E-state index in [9.17, 15) is 4.79 Å². The van der Waals surface area contributed by atoms with Gasteiger partial charge in [-0.25, -0.2) is 4.79 Å². The highest BCUT2D eigenvalue weighted by Gasteiger charge is 2.04. The van der Waals surface area contributed by atoms with Crippen LogP contribution in [0.2, 0.25) is 0 Å². The third-order valence-electron chi connectivity index (χ3n) is 0.885. The zero-order chi connectivity index (χ0) is 8.85. The van der Waals surface area contributed by atoms with E-state index in [1.54, 1.807) is 20.8 Å². The van der Waals surface area contributed by atoms with Gasteiger partial charge in [-0.1, -0.05) is 0 Å². The number of rotatable bonds is 3. The van der Waals surface area contributed by atoms with Gasteiger partial charge in [0.25, 0.3) is 0 Å². The molecule has 0 spiro atoms. The van der Waals surface area contributed by atoms with E-state index in [-0.39, 0.29) is 12.6 Å². The zero-order valence-corrected chi connectivity index (χ0v) is 7.13. The monoisotopic (exact) mass is 161 g/mol. The molecule has 4 nitrogen and oxygen atoms in total. The zero-order valence-electron chi connectivity index (χ0n) is 7.13. The molecule has 0 heterocycles. The second-order valence-corrected chi connectivity index (χ2v) is 2.68. The SMILES string of the molecule is CC(C)OC(=O)NC[C@H](C)O. The van der Waals surface area contributed by atoms with Gasteiger partial charge in [0.05, 0.1) is 12.2 Å². The third kappa shape index (κ3) is 7.12. The van der Waals surface area contributed by atoms with E-state index in [0.29, 0.717) is 0 Å². The fourth-order valence-corrected chi connectivity index (χ4v) is 0.487. The molecule has 0 radical (unpaired) electrons. The molecule has 66 valence electrons. The molecule has 4 heteroatoms. The van der Waals surface area contributed by atoms with E-state index in [1.165, 1.54) is 0 Å². The van der Waals surface area contributed by atoms with Crippen LogP contribution in [0.5, 0.6) is 0 Å². The Kier molecular flexibility index (Phi) is 4.61. The Balaban J connectivity index is 3.38. The van der Waals surface area contributed by atoms with Gasteiger partial charge in [-0.2, -0.15) is 0 Å². The topological polar surface area (TPSA) is 58.6 Å². The molecule has 0 fully saturated rings. The maximum absolute atomic E-state index is 10.7. The van der Waals surface area contributed by atoms with Crippen LogP contribution in [0.4, 0.5) is 4.79 Å². The van der Waals surface area contributed by atoms with Crippen LogP contribution in [0.25, 0.3) is 0 Å². The predicted octanol–water partition coefficient (Wildman–Crippen LogP) is 0.502. The molecule has 0 saturated carbocycles. The molecule has 0 aliphatic rings. The van der Waals surface area contributed by atoms with Crippen molar-refractivity contribution < 1.29 is 14.6 Å². The van der Waals surface area contributed by atoms with Crippen LogP contribution in [0.1, 0.15) is 20.8 Å². The van der Waals surface area contributed by atoms with Crippen LogP contribution in [0, 0.1) is 0 Å². The van der Waals surface area contributed by atoms with E-state index in [0.717, 1.165) is 0 Å². The largest absolute Gasteiger partial charge is 0.447 e. The lowest BCUT2D eigenvalue weighted by molar-refractivity contribution is 0.108. The molecular weight excluding hydrogens is 146 g/mol. The summed E-state index contributed by atoms with van der Waals surface area (Å²) in [5, 5.41) is 11.2. The lowest BCUT2D eigenvalue weighted by Gasteiger charge is -2.10. The molecule has 0 aliphatic carbocycles. The van der Waals surface area contributed by atoms with Crippen molar-refractivity contribution in [3.63, 3.8) is 0 Å². The molecule has 0 unspecified atom stereocenters. The summed E-state index contributed by atoms with van der Waals surface area (Å²) in [5.74, 6) is 0. The maximum atomic E-state index is 10.7. The standard InChI is InChI=1S/C7H15NO3/c1-5(2)11-7(10)8-4-6(3)9/h5-6,9H,4H2,1-3H3,(H,8,10)/t6-/m0/s1. The average Bonchev–Trinajstić information content (AvgIpc) is 1.82. The van der Waals surface area contributed by atoms with Gasteiger partial charge in [-0.3, -0.25) is 0 Å². The van der Waals surface area contributed by atoms with E-state index < -0.39 is 12.2 Å². The van der Waals surface area contributed by atoms with Crippen molar-refractivity contribution in [2.45, 2.75) is 33.0 Å². The van der Waals surface area contributed by atoms with Crippen molar-refractivity contribution >= 4 is 6.09 Å². The van der Waals surface area contributed by atoms with Crippen LogP contribution >= 0.6 is 0 Å². The summed E-state index contributed by atoms with van der Waals surface area (Å²) in [5.41, 5.74) is 0. The van der Waals surface area contributed by atoms with Crippen molar-refractivity contribution in [1.29, 1.82) is 0 Å². The predicted molar refractivity (Wildman–Crippen MR) is 41.3 cm³/mol. The Hall–Kier alpha value is -0.770. The molecule has 0 aromatic carbocycles. The molecule has 0 bridgehead atoms. The second kappa shape index (κ2) is 4.96. The number of carbonyl (C=O) groups excluding carboxylic acids is 1. The number of alkyl carbamates (subject to hydrolysis) is 1. The fraction of sp³-hybridized carbons (Fsp3) is 0.857. The molecule has 0 saturated heterocycles. The Morgan fingerprint density at radius 3 is 2.45 bits per heavy atom. The van der Waals surface area contributed by atoms with Gasteiger partial charge in [0.2, 0.25) is 0 Å². The van der Waals surface area contributed by atoms with Gasteiger partial charge in [0, 0.05) is 6.54 Å². The first-order valence-corrected chi connectivity index (χ1v) is 3.65. The van der Waals surface area contributed by atoms with E-state index in [1.807, 2.05) is 0 Å². The Bertz CT molecular complexity index is 123. The van der Waals surface area contributed by atoms with Crippen LogP contribution in [0.15, 0.2) is 0 Å². The molecule has 1 amide bonds. The van der Waals surface area contributed by atoms with Crippen LogP contribution in [-0.4, -0.2) is 30.0 Å². The van der Waals surface area contributed by atoms with Gasteiger partial charge in [0.15, 0.2) is 0 Å². The Morgan fingerprint density at radius 1 is 1.55 bits per heavy atom. The average molecular weight is 161 g/mol. The molecule has 0 rings (SSSR count). The summed E-state index contributed by atoms with van der Waals surface area (Å²) >= 11 is 0. The highest BCUT2D eigenvalue weighted by atomic mass is 16.6. The molecule has 11 heavy (non-hydrogen) atoms. The fourth-order valence-electron chi connectivity index (χ4n) is 0.487. The van der Waals surface area contributed by atoms with Crippen LogP contribution < -0.4 is 5.32 Å². The first-order chi connectivity index (χ1) is 5.02. The smallest absolute Gasteiger partial charge is 0.407 e. The van der Waals surface area contributed by atoms with Gasteiger partial charge in [0.1, 0.15) is 0 Å². The lowest BCUT2D eigenvalue weighted by Crippen LogP contribution is -2.32. The molecule has 0 aromatic heterocycles. The van der Waals surface area contributed by atoms with Crippen molar-refractivity contribution in [3.8, 4) is 0 Å². The number of amides is 1. The highest BCUT2D eigenvalue weighted by molar-refractivity contribution is 5.67. The first kappa shape index (κ1) is 10.2. The summed E-state index contributed by atoms with van der Waals surface area (Å²) < 4.78 is 4.74. The van der Waals surface area contributed by atoms with Gasteiger partial charge < -0.3 is 15.2 Å². The number of nitrogens with one attached hydrogen (secondary N) is 1. The number of carbonyl (C=O) groups is 1. The number of ether oxygens (including phenoxy) is 1. The number of hydrogen-bond acceptors (Lipinski definition) is 3. The highest BCUT2D eigenvalue weighted by Crippen LogP contribution is 1.87. The minimum Gasteiger partial charge on any atom is -0.447 e. The Morgan fingerprint density at radius 2 is 2.09 bits per heavy atom. The normalized spacial score (nSPS) is 12.8. The van der Waals surface area contributed by atoms with Gasteiger partial charge in [-0.05, 0) is 20.8 Å². The molecule has 2 N–H and O–H groups in total. The second-order valence-electron chi connectivity index (χ2n) is 2.68. The van der Waals surface area contributed by atoms with E-state index in [2.05, 4.69) is 5.32 Å². The van der Waals surface area contributed by atoms with Gasteiger partial charge >= 0.3 is 6.09 Å². The summed E-state index contributed by atoms with van der Waals surface area (Å²) in [6.45, 7) is 5.35. The quantitative estimate of drug-likeness (QED) is 0.633. The third-order valence-corrected chi connectivity index (χ3v) is 0.885. The van der Waals surface area contributed by atoms with E-state index >= 15 is 0 Å². The summed E-state index contributed by atoms with van der Waals surface area (Å²) in [7, 11) is 0. The van der Waals surface area contributed by atoms with Crippen molar-refractivity contribution in [3.05, 3.63) is 0 Å². The number of aliphatic hydroxyl groups excluding tert-OH is 1. The minimum absolute atomic E-state index is 0.121. The summed E-state index contributed by atoms with van der Waals surface area (Å²) in [6, 6.07) is 0. The molecular formula is C7H15NO3. The molecule has 1 atom stereocenters. The Labute approximate surface area is 66.5 Å². The van der Waals surface area contributed by atoms with Crippen molar-refractivity contribution in [2.24, 2.45) is 0 Å². The number of aliphatic hydroxyl groups is 1. The minimum atomic E-state index is -0.533. The van der Waals surface area contributed by atoms with Crippen LogP contribution in [-0.2, 0) is 4.74 Å². The maximum Gasteiger partial charge on any atom is 0.407 e. The van der Waals surface area contributed by atoms with Crippen molar-refractivity contribution in [2.75, 3.05) is 6.54 Å². The first-order valence-electron chi connectivity index (χ1n) is 3.65. The van der Waals surface area contributed by atoms with Crippen molar-refractivity contribution in [1.82, 2.24) is 5.32 Å². The molecule has 0 aliphatic heterocycles. The summed E-state index contributed by atoms with van der Waals surface area (Å²) in [6.07, 6.45) is -1.14. The van der Waals surface area contributed by atoms with E-state index in [4.69, 9.17) is 9.84 Å². The number of hydrogen-bond donors (Lipinski definition) is 2. The van der Waals surface area contributed by atoms with Crippen LogP contribution in [0.3, 0.4) is 0 Å².